The Morgan fingerprint density at radius 2 is 1.95 bits per heavy atom. The van der Waals surface area contributed by atoms with E-state index >= 15 is 0 Å². The minimum absolute atomic E-state index is 0.0350. The summed E-state index contributed by atoms with van der Waals surface area (Å²) in [7, 11) is 1.61. The first-order valence-electron chi connectivity index (χ1n) is 5.81. The van der Waals surface area contributed by atoms with E-state index < -0.39 is 0 Å². The zero-order chi connectivity index (χ0) is 13.7. The molecule has 3 heteroatoms. The van der Waals surface area contributed by atoms with Crippen LogP contribution in [0.2, 0.25) is 0 Å². The Morgan fingerprint density at radius 1 is 1.16 bits per heavy atom. The number of benzene rings is 2. The zero-order valence-corrected chi connectivity index (χ0v) is 12.1. The van der Waals surface area contributed by atoms with Crippen molar-refractivity contribution >= 4 is 27.8 Å². The van der Waals surface area contributed by atoms with Gasteiger partial charge in [-0.05, 0) is 30.4 Å². The smallest absolute Gasteiger partial charge is 0.185 e. The molecule has 0 N–H and O–H groups in total. The maximum atomic E-state index is 12.0. The monoisotopic (exact) mass is 316 g/mol. The summed E-state index contributed by atoms with van der Waals surface area (Å²) >= 11 is 3.35. The number of rotatable bonds is 4. The van der Waals surface area contributed by atoms with Crippen molar-refractivity contribution in [2.45, 2.75) is 0 Å². The van der Waals surface area contributed by atoms with Crippen LogP contribution in [0.25, 0.3) is 6.08 Å². The van der Waals surface area contributed by atoms with Crippen molar-refractivity contribution in [3.8, 4) is 5.75 Å². The fraction of sp³-hybridized carbons (Fsp3) is 0.0625. The van der Waals surface area contributed by atoms with Crippen LogP contribution in [0.15, 0.2) is 59.1 Å². The van der Waals surface area contributed by atoms with Crippen LogP contribution in [-0.2, 0) is 0 Å². The Bertz CT molecular complexity index is 618. The molecule has 0 heterocycles. The summed E-state index contributed by atoms with van der Waals surface area (Å²) in [6, 6.07) is 14.9. The predicted octanol–water partition coefficient (Wildman–Crippen LogP) is 4.35. The van der Waals surface area contributed by atoms with Crippen LogP contribution < -0.4 is 4.74 Å². The molecule has 0 spiro atoms. The van der Waals surface area contributed by atoms with Gasteiger partial charge >= 0.3 is 0 Å². The number of ketones is 1. The number of carbonyl (C=O) groups is 1. The molecule has 0 aromatic heterocycles. The van der Waals surface area contributed by atoms with Crippen LogP contribution in [0.5, 0.6) is 5.75 Å². The molecule has 0 amide bonds. The molecule has 0 atom stereocenters. The fourth-order valence-corrected chi connectivity index (χ4v) is 2.11. The highest BCUT2D eigenvalue weighted by Gasteiger charge is 2.03. The first-order valence-corrected chi connectivity index (χ1v) is 6.61. The number of allylic oxidation sites excluding steroid dienone is 1. The van der Waals surface area contributed by atoms with Crippen molar-refractivity contribution in [3.05, 3.63) is 70.2 Å². The highest BCUT2D eigenvalue weighted by atomic mass is 79.9. The van der Waals surface area contributed by atoms with Crippen molar-refractivity contribution in [2.75, 3.05) is 7.11 Å². The molecular formula is C16H13BrO2. The first-order chi connectivity index (χ1) is 9.20. The quantitative estimate of drug-likeness (QED) is 0.619. The lowest BCUT2D eigenvalue weighted by molar-refractivity contribution is 0.104. The average Bonchev–Trinajstić information content (AvgIpc) is 2.45. The fourth-order valence-electron chi connectivity index (χ4n) is 1.71. The number of hydrogen-bond acceptors (Lipinski definition) is 2. The summed E-state index contributed by atoms with van der Waals surface area (Å²) in [6.07, 6.45) is 3.32. The van der Waals surface area contributed by atoms with Gasteiger partial charge in [0.1, 0.15) is 5.75 Å². The Hall–Kier alpha value is -1.87. The van der Waals surface area contributed by atoms with Crippen LogP contribution in [-0.4, -0.2) is 12.9 Å². The third-order valence-corrected chi connectivity index (χ3v) is 3.16. The molecule has 0 radical (unpaired) electrons. The van der Waals surface area contributed by atoms with Crippen molar-refractivity contribution in [1.82, 2.24) is 0 Å². The summed E-state index contributed by atoms with van der Waals surface area (Å²) in [6.45, 7) is 0. The third-order valence-electron chi connectivity index (χ3n) is 2.66. The molecule has 2 rings (SSSR count). The molecule has 0 saturated heterocycles. The third kappa shape index (κ3) is 3.55. The highest BCUT2D eigenvalue weighted by Crippen LogP contribution is 2.19. The van der Waals surface area contributed by atoms with E-state index in [1.807, 2.05) is 36.4 Å². The van der Waals surface area contributed by atoms with Crippen molar-refractivity contribution < 1.29 is 9.53 Å². The number of ether oxygens (including phenoxy) is 1. The van der Waals surface area contributed by atoms with E-state index in [4.69, 9.17) is 4.74 Å². The second-order valence-electron chi connectivity index (χ2n) is 3.95. The van der Waals surface area contributed by atoms with Gasteiger partial charge in [0, 0.05) is 15.6 Å². The molecule has 19 heavy (non-hydrogen) atoms. The van der Waals surface area contributed by atoms with Crippen molar-refractivity contribution in [3.63, 3.8) is 0 Å². The van der Waals surface area contributed by atoms with Crippen LogP contribution in [0.4, 0.5) is 0 Å². The van der Waals surface area contributed by atoms with Crippen molar-refractivity contribution in [2.24, 2.45) is 0 Å². The summed E-state index contributed by atoms with van der Waals surface area (Å²) in [5, 5.41) is 0. The molecule has 0 saturated carbocycles. The molecule has 0 aliphatic rings. The van der Waals surface area contributed by atoms with Crippen LogP contribution in [0.1, 0.15) is 15.9 Å². The Kier molecular flexibility index (Phi) is 4.53. The lowest BCUT2D eigenvalue weighted by Crippen LogP contribution is -1.94. The summed E-state index contributed by atoms with van der Waals surface area (Å²) in [4.78, 5) is 12.0. The first kappa shape index (κ1) is 13.6. The summed E-state index contributed by atoms with van der Waals surface area (Å²) < 4.78 is 6.13. The van der Waals surface area contributed by atoms with Crippen LogP contribution in [0.3, 0.4) is 0 Å². The van der Waals surface area contributed by atoms with Gasteiger partial charge in [-0.3, -0.25) is 4.79 Å². The minimum Gasteiger partial charge on any atom is -0.496 e. The second-order valence-corrected chi connectivity index (χ2v) is 4.87. The number of para-hydroxylation sites is 1. The lowest BCUT2D eigenvalue weighted by atomic mass is 10.1. The minimum atomic E-state index is -0.0350. The molecule has 0 fully saturated rings. The Balaban J connectivity index is 2.21. The van der Waals surface area contributed by atoms with Gasteiger partial charge in [-0.25, -0.2) is 0 Å². The molecular weight excluding hydrogens is 304 g/mol. The predicted molar refractivity (Wildman–Crippen MR) is 80.5 cm³/mol. The number of halogens is 1. The number of methoxy groups -OCH3 is 1. The second kappa shape index (κ2) is 6.34. The lowest BCUT2D eigenvalue weighted by Gasteiger charge is -2.03. The molecule has 0 aliphatic carbocycles. The van der Waals surface area contributed by atoms with Gasteiger partial charge < -0.3 is 4.74 Å². The van der Waals surface area contributed by atoms with E-state index in [0.717, 1.165) is 15.8 Å². The highest BCUT2D eigenvalue weighted by molar-refractivity contribution is 9.10. The van der Waals surface area contributed by atoms with E-state index in [0.29, 0.717) is 5.56 Å². The van der Waals surface area contributed by atoms with Crippen LogP contribution in [0, 0.1) is 0 Å². The summed E-state index contributed by atoms with van der Waals surface area (Å²) in [5.41, 5.74) is 1.54. The maximum Gasteiger partial charge on any atom is 0.185 e. The molecule has 0 aliphatic heterocycles. The summed E-state index contributed by atoms with van der Waals surface area (Å²) in [5.74, 6) is 0.716. The molecule has 2 aromatic carbocycles. The standard InChI is InChI=1S/C16H13BrO2/c1-19-16-8-3-2-5-12(16)9-10-15(18)13-6-4-7-14(17)11-13/h2-11H,1H3/b10-9-. The topological polar surface area (TPSA) is 26.3 Å². The van der Waals surface area contributed by atoms with E-state index in [9.17, 15) is 4.79 Å². The van der Waals surface area contributed by atoms with Gasteiger partial charge in [0.2, 0.25) is 0 Å². The van der Waals surface area contributed by atoms with Gasteiger partial charge in [-0.2, -0.15) is 0 Å². The van der Waals surface area contributed by atoms with E-state index in [2.05, 4.69) is 15.9 Å². The number of hydrogen-bond donors (Lipinski definition) is 0. The van der Waals surface area contributed by atoms with Gasteiger partial charge in [0.25, 0.3) is 0 Å². The zero-order valence-electron chi connectivity index (χ0n) is 10.5. The van der Waals surface area contributed by atoms with E-state index in [1.165, 1.54) is 0 Å². The van der Waals surface area contributed by atoms with Gasteiger partial charge in [-0.1, -0.05) is 46.3 Å². The van der Waals surface area contributed by atoms with Crippen LogP contribution >= 0.6 is 15.9 Å². The molecule has 96 valence electrons. The van der Waals surface area contributed by atoms with Gasteiger partial charge in [-0.15, -0.1) is 0 Å². The maximum absolute atomic E-state index is 12.0. The van der Waals surface area contributed by atoms with Gasteiger partial charge in [0.15, 0.2) is 5.78 Å². The largest absolute Gasteiger partial charge is 0.496 e. The normalized spacial score (nSPS) is 10.6. The molecule has 0 bridgehead atoms. The average molecular weight is 317 g/mol. The molecule has 2 aromatic rings. The van der Waals surface area contributed by atoms with Gasteiger partial charge in [0.05, 0.1) is 7.11 Å². The molecule has 2 nitrogen and oxygen atoms in total. The van der Waals surface area contributed by atoms with Crippen molar-refractivity contribution in [1.29, 1.82) is 0 Å². The Morgan fingerprint density at radius 3 is 2.68 bits per heavy atom. The van der Waals surface area contributed by atoms with E-state index in [1.54, 1.807) is 31.4 Å². The molecule has 0 unspecified atom stereocenters. The number of carbonyl (C=O) groups excluding carboxylic acids is 1. The Labute approximate surface area is 120 Å². The van der Waals surface area contributed by atoms with E-state index in [-0.39, 0.29) is 5.78 Å². The SMILES string of the molecule is COc1ccccc1/C=C\C(=O)c1cccc(Br)c1.